The summed E-state index contributed by atoms with van der Waals surface area (Å²) in [6.07, 6.45) is 9.02. The van der Waals surface area contributed by atoms with Gasteiger partial charge in [-0.3, -0.25) is 4.68 Å². The van der Waals surface area contributed by atoms with Gasteiger partial charge < -0.3 is 5.32 Å². The summed E-state index contributed by atoms with van der Waals surface area (Å²) in [5.74, 6) is 2.63. The Morgan fingerprint density at radius 2 is 2.19 bits per heavy atom. The maximum atomic E-state index is 4.29. The first-order valence-corrected chi connectivity index (χ1v) is 10.3. The SMILES string of the molecule is CCCNC(CCc1cnn(C)c1)C1SCCSC1CC. The summed E-state index contributed by atoms with van der Waals surface area (Å²) < 4.78 is 1.91. The van der Waals surface area contributed by atoms with Crippen molar-refractivity contribution in [1.82, 2.24) is 15.1 Å². The quantitative estimate of drug-likeness (QED) is 0.793. The van der Waals surface area contributed by atoms with Crippen LogP contribution in [0.5, 0.6) is 0 Å². The van der Waals surface area contributed by atoms with Crippen molar-refractivity contribution in [3.8, 4) is 0 Å². The van der Waals surface area contributed by atoms with Gasteiger partial charge in [0.1, 0.15) is 0 Å². The molecular weight excluding hydrogens is 298 g/mol. The van der Waals surface area contributed by atoms with Gasteiger partial charge in [-0.15, -0.1) is 0 Å². The Bertz CT molecular complexity index is 408. The van der Waals surface area contributed by atoms with Crippen molar-refractivity contribution in [2.24, 2.45) is 7.05 Å². The third-order valence-electron chi connectivity index (χ3n) is 4.05. The Balaban J connectivity index is 1.95. The zero-order chi connectivity index (χ0) is 15.1. The van der Waals surface area contributed by atoms with Gasteiger partial charge in [0.25, 0.3) is 0 Å². The predicted octanol–water partition coefficient (Wildman–Crippen LogP) is 3.35. The molecule has 3 atom stereocenters. The fourth-order valence-electron chi connectivity index (χ4n) is 2.95. The van der Waals surface area contributed by atoms with Crippen LogP contribution in [-0.2, 0) is 13.5 Å². The second-order valence-electron chi connectivity index (χ2n) is 5.77. The molecule has 3 nitrogen and oxygen atoms in total. The lowest BCUT2D eigenvalue weighted by molar-refractivity contribution is 0.454. The molecule has 5 heteroatoms. The highest BCUT2D eigenvalue weighted by atomic mass is 32.2. The lowest BCUT2D eigenvalue weighted by Gasteiger charge is -2.36. The molecule has 0 aromatic carbocycles. The lowest BCUT2D eigenvalue weighted by atomic mass is 10.0. The summed E-state index contributed by atoms with van der Waals surface area (Å²) >= 11 is 4.37. The second kappa shape index (κ2) is 9.11. The van der Waals surface area contributed by atoms with Crippen LogP contribution in [0.15, 0.2) is 12.4 Å². The molecule has 1 N–H and O–H groups in total. The molecular formula is C16H29N3S2. The van der Waals surface area contributed by atoms with Gasteiger partial charge in [0.2, 0.25) is 0 Å². The van der Waals surface area contributed by atoms with Crippen LogP contribution in [0.1, 0.15) is 38.7 Å². The largest absolute Gasteiger partial charge is 0.313 e. The van der Waals surface area contributed by atoms with E-state index in [-0.39, 0.29) is 0 Å². The van der Waals surface area contributed by atoms with Gasteiger partial charge in [0.05, 0.1) is 6.20 Å². The Labute approximate surface area is 138 Å². The fourth-order valence-corrected chi connectivity index (χ4v) is 6.25. The molecule has 3 unspecified atom stereocenters. The van der Waals surface area contributed by atoms with Crippen LogP contribution in [0.4, 0.5) is 0 Å². The van der Waals surface area contributed by atoms with E-state index < -0.39 is 0 Å². The molecule has 1 aliphatic rings. The van der Waals surface area contributed by atoms with Crippen LogP contribution in [0.25, 0.3) is 0 Å². The van der Waals surface area contributed by atoms with Crippen molar-refractivity contribution in [3.05, 3.63) is 18.0 Å². The van der Waals surface area contributed by atoms with E-state index in [9.17, 15) is 0 Å². The smallest absolute Gasteiger partial charge is 0.0521 e. The molecule has 0 bridgehead atoms. The van der Waals surface area contributed by atoms with Gasteiger partial charge in [-0.1, -0.05) is 13.8 Å². The lowest BCUT2D eigenvalue weighted by Crippen LogP contribution is -2.45. The van der Waals surface area contributed by atoms with E-state index in [1.165, 1.54) is 36.3 Å². The van der Waals surface area contributed by atoms with E-state index in [1.807, 2.05) is 17.9 Å². The molecule has 1 aromatic rings. The van der Waals surface area contributed by atoms with Crippen LogP contribution in [0.2, 0.25) is 0 Å². The molecule has 0 spiro atoms. The molecule has 0 aliphatic carbocycles. The molecule has 0 saturated carbocycles. The highest BCUT2D eigenvalue weighted by Crippen LogP contribution is 2.36. The van der Waals surface area contributed by atoms with Crippen LogP contribution >= 0.6 is 23.5 Å². The van der Waals surface area contributed by atoms with E-state index in [2.05, 4.69) is 54.0 Å². The number of hydrogen-bond acceptors (Lipinski definition) is 4. The van der Waals surface area contributed by atoms with Gasteiger partial charge in [0, 0.05) is 41.3 Å². The number of nitrogens with one attached hydrogen (secondary N) is 1. The average Bonchev–Trinajstić information content (AvgIpc) is 2.93. The monoisotopic (exact) mass is 327 g/mol. The van der Waals surface area contributed by atoms with Gasteiger partial charge in [-0.2, -0.15) is 28.6 Å². The van der Waals surface area contributed by atoms with Crippen molar-refractivity contribution in [2.45, 2.75) is 56.1 Å². The van der Waals surface area contributed by atoms with E-state index in [4.69, 9.17) is 0 Å². The number of thioether (sulfide) groups is 2. The van der Waals surface area contributed by atoms with Crippen molar-refractivity contribution in [3.63, 3.8) is 0 Å². The minimum absolute atomic E-state index is 0.632. The number of aryl methyl sites for hydroxylation is 2. The molecule has 0 amide bonds. The maximum Gasteiger partial charge on any atom is 0.0521 e. The van der Waals surface area contributed by atoms with Crippen molar-refractivity contribution in [2.75, 3.05) is 18.1 Å². The Kier molecular flexibility index (Phi) is 7.47. The number of nitrogens with zero attached hydrogens (tertiary/aromatic N) is 2. The fraction of sp³-hybridized carbons (Fsp3) is 0.812. The Morgan fingerprint density at radius 1 is 1.38 bits per heavy atom. The molecule has 120 valence electrons. The van der Waals surface area contributed by atoms with Crippen molar-refractivity contribution in [1.29, 1.82) is 0 Å². The zero-order valence-electron chi connectivity index (χ0n) is 13.5. The molecule has 2 rings (SSSR count). The summed E-state index contributed by atoms with van der Waals surface area (Å²) in [7, 11) is 2.00. The first-order chi connectivity index (χ1) is 10.2. The summed E-state index contributed by atoms with van der Waals surface area (Å²) in [6, 6.07) is 0.632. The van der Waals surface area contributed by atoms with E-state index in [0.29, 0.717) is 6.04 Å². The predicted molar refractivity (Wildman–Crippen MR) is 96.4 cm³/mol. The topological polar surface area (TPSA) is 29.9 Å². The first-order valence-electron chi connectivity index (χ1n) is 8.18. The highest BCUT2D eigenvalue weighted by molar-refractivity contribution is 8.07. The number of rotatable bonds is 8. The Morgan fingerprint density at radius 3 is 2.86 bits per heavy atom. The van der Waals surface area contributed by atoms with Gasteiger partial charge in [0.15, 0.2) is 0 Å². The summed E-state index contributed by atoms with van der Waals surface area (Å²) in [6.45, 7) is 5.73. The minimum atomic E-state index is 0.632. The third kappa shape index (κ3) is 5.22. The van der Waals surface area contributed by atoms with Crippen LogP contribution < -0.4 is 5.32 Å². The van der Waals surface area contributed by atoms with Crippen molar-refractivity contribution >= 4 is 23.5 Å². The highest BCUT2D eigenvalue weighted by Gasteiger charge is 2.31. The molecule has 1 saturated heterocycles. The van der Waals surface area contributed by atoms with Crippen molar-refractivity contribution < 1.29 is 0 Å². The first kappa shape index (κ1) is 17.2. The molecule has 21 heavy (non-hydrogen) atoms. The van der Waals surface area contributed by atoms with Crippen LogP contribution in [0.3, 0.4) is 0 Å². The summed E-state index contributed by atoms with van der Waals surface area (Å²) in [5, 5.41) is 9.68. The normalized spacial score (nSPS) is 24.1. The molecule has 1 aromatic heterocycles. The number of aromatic nitrogens is 2. The molecule has 1 fully saturated rings. The van der Waals surface area contributed by atoms with Gasteiger partial charge in [-0.25, -0.2) is 0 Å². The number of hydrogen-bond donors (Lipinski definition) is 1. The van der Waals surface area contributed by atoms with Gasteiger partial charge in [-0.05, 0) is 37.8 Å². The zero-order valence-corrected chi connectivity index (χ0v) is 15.2. The Hall–Kier alpha value is -0.130. The summed E-state index contributed by atoms with van der Waals surface area (Å²) in [4.78, 5) is 0. The molecule has 0 radical (unpaired) electrons. The van der Waals surface area contributed by atoms with Crippen LogP contribution in [0, 0.1) is 0 Å². The standard InChI is InChI=1S/C16H29N3S2/c1-4-8-17-14(7-6-13-11-18-19(3)12-13)16-15(5-2)20-9-10-21-16/h11-12,14-17H,4-10H2,1-3H3. The van der Waals surface area contributed by atoms with E-state index >= 15 is 0 Å². The van der Waals surface area contributed by atoms with E-state index in [0.717, 1.165) is 23.5 Å². The average molecular weight is 328 g/mol. The molecule has 1 aliphatic heterocycles. The third-order valence-corrected chi connectivity index (χ3v) is 7.46. The van der Waals surface area contributed by atoms with E-state index in [1.54, 1.807) is 0 Å². The summed E-state index contributed by atoms with van der Waals surface area (Å²) in [5.41, 5.74) is 1.36. The van der Waals surface area contributed by atoms with Crippen LogP contribution in [-0.4, -0.2) is 44.4 Å². The second-order valence-corrected chi connectivity index (χ2v) is 8.41. The molecule has 2 heterocycles. The maximum absolute atomic E-state index is 4.29. The van der Waals surface area contributed by atoms with Gasteiger partial charge >= 0.3 is 0 Å². The minimum Gasteiger partial charge on any atom is -0.313 e.